The zero-order chi connectivity index (χ0) is 19.6. The topological polar surface area (TPSA) is 92.5 Å². The first-order valence-electron chi connectivity index (χ1n) is 9.01. The maximum Gasteiger partial charge on any atom is 0.262 e. The average molecular weight is 388 g/mol. The second-order valence-corrected chi connectivity index (χ2v) is 8.76. The number of amides is 1. The summed E-state index contributed by atoms with van der Waals surface area (Å²) in [7, 11) is -3.74. The van der Waals surface area contributed by atoms with Crippen molar-refractivity contribution in [3.63, 3.8) is 0 Å². The molecule has 3 N–H and O–H groups in total. The van der Waals surface area contributed by atoms with Crippen molar-refractivity contribution < 1.29 is 13.2 Å². The van der Waals surface area contributed by atoms with Gasteiger partial charge >= 0.3 is 0 Å². The van der Waals surface area contributed by atoms with Gasteiger partial charge in [0.25, 0.3) is 15.9 Å². The number of rotatable bonds is 4. The molecule has 1 saturated heterocycles. The fourth-order valence-corrected chi connectivity index (χ4v) is 4.68. The van der Waals surface area contributed by atoms with Crippen molar-refractivity contribution in [3.8, 4) is 0 Å². The van der Waals surface area contributed by atoms with E-state index in [1.54, 1.807) is 48.2 Å². The Morgan fingerprint density at radius 1 is 1.19 bits per heavy atom. The number of anilines is 1. The Balaban J connectivity index is 1.83. The monoisotopic (exact) mass is 387 g/mol. The predicted octanol–water partition coefficient (Wildman–Crippen LogP) is 2.67. The second-order valence-electron chi connectivity index (χ2n) is 7.11. The molecule has 1 fully saturated rings. The first-order valence-corrected chi connectivity index (χ1v) is 10.5. The van der Waals surface area contributed by atoms with Gasteiger partial charge in [-0.05, 0) is 62.1 Å². The number of likely N-dealkylation sites (tertiary alicyclic amines) is 1. The molecule has 1 aliphatic rings. The van der Waals surface area contributed by atoms with Gasteiger partial charge in [-0.15, -0.1) is 0 Å². The first kappa shape index (κ1) is 19.4. The Hall–Kier alpha value is -2.38. The fourth-order valence-electron chi connectivity index (χ4n) is 3.30. The van der Waals surface area contributed by atoms with E-state index in [9.17, 15) is 13.2 Å². The molecular weight excluding hydrogens is 362 g/mol. The largest absolute Gasteiger partial charge is 0.337 e. The van der Waals surface area contributed by atoms with E-state index >= 15 is 0 Å². The van der Waals surface area contributed by atoms with E-state index in [-0.39, 0.29) is 16.8 Å². The molecule has 0 saturated carbocycles. The third-order valence-corrected chi connectivity index (χ3v) is 6.26. The quantitative estimate of drug-likeness (QED) is 0.844. The molecule has 7 heteroatoms. The molecule has 0 aromatic heterocycles. The summed E-state index contributed by atoms with van der Waals surface area (Å²) in [5.41, 5.74) is 8.31. The molecule has 0 radical (unpaired) electrons. The third kappa shape index (κ3) is 4.48. The van der Waals surface area contributed by atoms with Crippen molar-refractivity contribution in [3.05, 3.63) is 59.2 Å². The smallest absolute Gasteiger partial charge is 0.262 e. The summed E-state index contributed by atoms with van der Waals surface area (Å²) < 4.78 is 28.1. The highest BCUT2D eigenvalue weighted by Gasteiger charge is 2.23. The lowest BCUT2D eigenvalue weighted by Crippen LogP contribution is -2.45. The van der Waals surface area contributed by atoms with E-state index in [1.165, 1.54) is 0 Å². The SMILES string of the molecule is Cc1ccc(C)c(S(=O)(=O)Nc2cccc(C(=O)N3CCCC(N)C3)c2)c1. The molecule has 27 heavy (non-hydrogen) atoms. The van der Waals surface area contributed by atoms with Gasteiger partial charge < -0.3 is 10.6 Å². The summed E-state index contributed by atoms with van der Waals surface area (Å²) >= 11 is 0. The second kappa shape index (κ2) is 7.70. The van der Waals surface area contributed by atoms with Crippen molar-refractivity contribution in [2.45, 2.75) is 37.6 Å². The number of nitrogens with zero attached hydrogens (tertiary/aromatic N) is 1. The minimum atomic E-state index is -3.74. The Morgan fingerprint density at radius 3 is 2.70 bits per heavy atom. The first-order chi connectivity index (χ1) is 12.8. The van der Waals surface area contributed by atoms with Crippen molar-refractivity contribution in [1.29, 1.82) is 0 Å². The van der Waals surface area contributed by atoms with Crippen molar-refractivity contribution >= 4 is 21.6 Å². The van der Waals surface area contributed by atoms with E-state index in [2.05, 4.69) is 4.72 Å². The van der Waals surface area contributed by atoms with Gasteiger partial charge in [-0.3, -0.25) is 9.52 Å². The molecule has 0 bridgehead atoms. The molecule has 2 aromatic rings. The van der Waals surface area contributed by atoms with Crippen LogP contribution in [0.4, 0.5) is 5.69 Å². The lowest BCUT2D eigenvalue weighted by Gasteiger charge is -2.30. The van der Waals surface area contributed by atoms with Crippen LogP contribution >= 0.6 is 0 Å². The van der Waals surface area contributed by atoms with Gasteiger partial charge in [-0.2, -0.15) is 0 Å². The van der Waals surface area contributed by atoms with Crippen LogP contribution in [0.1, 0.15) is 34.3 Å². The summed E-state index contributed by atoms with van der Waals surface area (Å²) in [5, 5.41) is 0. The van der Waals surface area contributed by atoms with Gasteiger partial charge in [0.1, 0.15) is 0 Å². The van der Waals surface area contributed by atoms with Crippen LogP contribution in [0, 0.1) is 13.8 Å². The van der Waals surface area contributed by atoms with E-state index in [4.69, 9.17) is 5.73 Å². The van der Waals surface area contributed by atoms with Crippen LogP contribution < -0.4 is 10.5 Å². The van der Waals surface area contributed by atoms with Crippen LogP contribution in [0.3, 0.4) is 0 Å². The Bertz CT molecular complexity index is 957. The number of carbonyl (C=O) groups excluding carboxylic acids is 1. The summed E-state index contributed by atoms with van der Waals surface area (Å²) in [6.45, 7) is 4.80. The number of sulfonamides is 1. The van der Waals surface area contributed by atoms with E-state index < -0.39 is 10.0 Å². The van der Waals surface area contributed by atoms with Crippen LogP contribution in [-0.4, -0.2) is 38.4 Å². The summed E-state index contributed by atoms with van der Waals surface area (Å²) in [6, 6.07) is 11.9. The van der Waals surface area contributed by atoms with Crippen LogP contribution in [0.5, 0.6) is 0 Å². The Labute approximate surface area is 160 Å². The zero-order valence-corrected chi connectivity index (χ0v) is 16.4. The van der Waals surface area contributed by atoms with Crippen LogP contribution in [-0.2, 0) is 10.0 Å². The van der Waals surface area contributed by atoms with E-state index in [0.717, 1.165) is 18.4 Å². The Morgan fingerprint density at radius 2 is 1.96 bits per heavy atom. The van der Waals surface area contributed by atoms with Crippen LogP contribution in [0.2, 0.25) is 0 Å². The number of hydrogen-bond acceptors (Lipinski definition) is 4. The highest BCUT2D eigenvalue weighted by atomic mass is 32.2. The van der Waals surface area contributed by atoms with Crippen molar-refractivity contribution in [2.75, 3.05) is 17.8 Å². The van der Waals surface area contributed by atoms with Gasteiger partial charge in [-0.1, -0.05) is 18.2 Å². The van der Waals surface area contributed by atoms with E-state index in [0.29, 0.717) is 29.9 Å². The molecule has 1 amide bonds. The Kier molecular flexibility index (Phi) is 5.53. The molecule has 1 unspecified atom stereocenters. The van der Waals surface area contributed by atoms with Crippen molar-refractivity contribution in [2.24, 2.45) is 5.73 Å². The van der Waals surface area contributed by atoms with Gasteiger partial charge in [0.15, 0.2) is 0 Å². The van der Waals surface area contributed by atoms with Crippen LogP contribution in [0.15, 0.2) is 47.4 Å². The molecule has 0 spiro atoms. The number of carbonyl (C=O) groups is 1. The molecule has 2 aromatic carbocycles. The average Bonchev–Trinajstić information content (AvgIpc) is 2.63. The standard InChI is InChI=1S/C20H25N3O3S/c1-14-8-9-15(2)19(11-14)27(25,26)22-18-7-3-5-16(12-18)20(24)23-10-4-6-17(21)13-23/h3,5,7-9,11-12,17,22H,4,6,10,13,21H2,1-2H3. The maximum atomic E-state index is 12.8. The molecule has 1 aliphatic heterocycles. The molecule has 1 atom stereocenters. The number of piperidine rings is 1. The number of aryl methyl sites for hydroxylation is 2. The molecular formula is C20H25N3O3S. The summed E-state index contributed by atoms with van der Waals surface area (Å²) in [4.78, 5) is 14.7. The van der Waals surface area contributed by atoms with Gasteiger partial charge in [0.2, 0.25) is 0 Å². The zero-order valence-electron chi connectivity index (χ0n) is 15.6. The fraction of sp³-hybridized carbons (Fsp3) is 0.350. The summed E-state index contributed by atoms with van der Waals surface area (Å²) in [6.07, 6.45) is 1.80. The van der Waals surface area contributed by atoms with Gasteiger partial charge in [-0.25, -0.2) is 8.42 Å². The van der Waals surface area contributed by atoms with Gasteiger partial charge in [0, 0.05) is 30.4 Å². The lowest BCUT2D eigenvalue weighted by atomic mass is 10.1. The minimum Gasteiger partial charge on any atom is -0.337 e. The number of nitrogens with one attached hydrogen (secondary N) is 1. The molecule has 0 aliphatic carbocycles. The summed E-state index contributed by atoms with van der Waals surface area (Å²) in [5.74, 6) is -0.127. The predicted molar refractivity (Wildman–Crippen MR) is 106 cm³/mol. The van der Waals surface area contributed by atoms with Crippen LogP contribution in [0.25, 0.3) is 0 Å². The lowest BCUT2D eigenvalue weighted by molar-refractivity contribution is 0.0709. The molecule has 1 heterocycles. The van der Waals surface area contributed by atoms with Crippen molar-refractivity contribution in [1.82, 2.24) is 4.90 Å². The number of nitrogens with two attached hydrogens (primary N) is 1. The molecule has 6 nitrogen and oxygen atoms in total. The maximum absolute atomic E-state index is 12.8. The van der Waals surface area contributed by atoms with Gasteiger partial charge in [0.05, 0.1) is 4.90 Å². The highest BCUT2D eigenvalue weighted by Crippen LogP contribution is 2.22. The highest BCUT2D eigenvalue weighted by molar-refractivity contribution is 7.92. The number of benzene rings is 2. The number of hydrogen-bond donors (Lipinski definition) is 2. The minimum absolute atomic E-state index is 0.00585. The molecule has 3 rings (SSSR count). The normalized spacial score (nSPS) is 17.6. The molecule has 144 valence electrons. The third-order valence-electron chi connectivity index (χ3n) is 4.74. The van der Waals surface area contributed by atoms with E-state index in [1.807, 2.05) is 13.0 Å².